The number of hydrogen-bond acceptors (Lipinski definition) is 2. The summed E-state index contributed by atoms with van der Waals surface area (Å²) in [5, 5.41) is 3.13. The van der Waals surface area contributed by atoms with Crippen LogP contribution in [0.15, 0.2) is 47.5 Å². The van der Waals surface area contributed by atoms with Gasteiger partial charge in [0.05, 0.1) is 0 Å². The third-order valence-corrected chi connectivity index (χ3v) is 2.56. The first-order chi connectivity index (χ1) is 7.59. The van der Waals surface area contributed by atoms with Crippen molar-refractivity contribution in [3.8, 4) is 0 Å². The molecule has 0 aliphatic heterocycles. The fraction of sp³-hybridized carbons (Fsp3) is 0.429. The number of hydrogen-bond donors (Lipinski definition) is 1. The van der Waals surface area contributed by atoms with Crippen molar-refractivity contribution < 1.29 is 4.74 Å². The molecule has 0 saturated carbocycles. The first-order valence-electron chi connectivity index (χ1n) is 5.68. The van der Waals surface area contributed by atoms with E-state index in [1.807, 2.05) is 6.92 Å². The Bertz CT molecular complexity index is 344. The fourth-order valence-corrected chi connectivity index (χ4v) is 1.32. The van der Waals surface area contributed by atoms with Gasteiger partial charge in [-0.05, 0) is 45.8 Å². The molecule has 0 aromatic heterocycles. The smallest absolute Gasteiger partial charge is 0.183 e. The molecule has 0 heterocycles. The van der Waals surface area contributed by atoms with Crippen molar-refractivity contribution in [1.29, 1.82) is 0 Å². The summed E-state index contributed by atoms with van der Waals surface area (Å²) in [5.74, 6) is 0.610. The van der Waals surface area contributed by atoms with Crippen LogP contribution in [0.5, 0.6) is 0 Å². The lowest BCUT2D eigenvalue weighted by molar-refractivity contribution is 0.225. The molecule has 2 heteroatoms. The van der Waals surface area contributed by atoms with Gasteiger partial charge in [0.2, 0.25) is 0 Å². The Hall–Kier alpha value is -1.44. The molecule has 1 rings (SSSR count). The maximum absolute atomic E-state index is 5.54. The Balaban J connectivity index is 2.33. The Morgan fingerprint density at radius 1 is 1.38 bits per heavy atom. The molecular weight excluding hydrogens is 198 g/mol. The molecule has 0 radical (unpaired) electrons. The van der Waals surface area contributed by atoms with E-state index in [0.717, 1.165) is 18.5 Å². The Morgan fingerprint density at radius 2 is 2.12 bits per heavy atom. The summed E-state index contributed by atoms with van der Waals surface area (Å²) in [5.41, 5.74) is 3.56. The highest BCUT2D eigenvalue weighted by molar-refractivity contribution is 5.22. The predicted molar refractivity (Wildman–Crippen MR) is 68.7 cm³/mol. The highest BCUT2D eigenvalue weighted by Crippen LogP contribution is 2.11. The van der Waals surface area contributed by atoms with Crippen LogP contribution in [0.3, 0.4) is 0 Å². The van der Waals surface area contributed by atoms with Crippen molar-refractivity contribution in [3.05, 3.63) is 47.5 Å². The van der Waals surface area contributed by atoms with E-state index in [1.165, 1.54) is 11.1 Å². The second kappa shape index (κ2) is 6.21. The van der Waals surface area contributed by atoms with Crippen LogP contribution in [0.2, 0.25) is 0 Å². The fourth-order valence-electron chi connectivity index (χ4n) is 1.32. The van der Waals surface area contributed by atoms with Crippen molar-refractivity contribution in [2.75, 3.05) is 6.61 Å². The monoisotopic (exact) mass is 219 g/mol. The summed E-state index contributed by atoms with van der Waals surface area (Å²) in [6, 6.07) is 0. The van der Waals surface area contributed by atoms with E-state index >= 15 is 0 Å². The molecule has 0 saturated heterocycles. The lowest BCUT2D eigenvalue weighted by Crippen LogP contribution is -2.14. The largest absolute Gasteiger partial charge is 0.475 e. The summed E-state index contributed by atoms with van der Waals surface area (Å²) < 4.78 is 5.54. The van der Waals surface area contributed by atoms with Gasteiger partial charge in [-0.25, -0.2) is 0 Å². The molecule has 0 atom stereocenters. The molecule has 1 N–H and O–H groups in total. The minimum Gasteiger partial charge on any atom is -0.475 e. The van der Waals surface area contributed by atoms with Gasteiger partial charge in [-0.1, -0.05) is 23.8 Å². The quantitative estimate of drug-likeness (QED) is 0.713. The van der Waals surface area contributed by atoms with Crippen molar-refractivity contribution in [3.63, 3.8) is 0 Å². The third kappa shape index (κ3) is 4.39. The van der Waals surface area contributed by atoms with Crippen LogP contribution in [0.25, 0.3) is 0 Å². The zero-order valence-corrected chi connectivity index (χ0v) is 10.5. The van der Waals surface area contributed by atoms with Gasteiger partial charge in [-0.2, -0.15) is 0 Å². The summed E-state index contributed by atoms with van der Waals surface area (Å²) in [7, 11) is 0. The van der Waals surface area contributed by atoms with Crippen molar-refractivity contribution in [2.24, 2.45) is 0 Å². The van der Waals surface area contributed by atoms with Gasteiger partial charge in [-0.15, -0.1) is 0 Å². The number of allylic oxidation sites excluding steroid dienone is 4. The van der Waals surface area contributed by atoms with Crippen molar-refractivity contribution in [2.45, 2.75) is 33.6 Å². The van der Waals surface area contributed by atoms with Gasteiger partial charge in [0, 0.05) is 5.70 Å². The molecule has 0 aromatic carbocycles. The minimum absolute atomic E-state index is 0.596. The average Bonchev–Trinajstić information content (AvgIpc) is 2.27. The summed E-state index contributed by atoms with van der Waals surface area (Å²) in [6.07, 6.45) is 8.75. The van der Waals surface area contributed by atoms with E-state index in [9.17, 15) is 0 Å². The van der Waals surface area contributed by atoms with Gasteiger partial charge in [0.1, 0.15) is 6.61 Å². The van der Waals surface area contributed by atoms with Crippen LogP contribution in [0.4, 0.5) is 0 Å². The molecule has 1 aliphatic rings. The van der Waals surface area contributed by atoms with Crippen LogP contribution in [0, 0.1) is 0 Å². The second-order valence-electron chi connectivity index (χ2n) is 4.22. The molecule has 16 heavy (non-hydrogen) atoms. The van der Waals surface area contributed by atoms with Crippen molar-refractivity contribution in [1.82, 2.24) is 5.32 Å². The Morgan fingerprint density at radius 3 is 2.69 bits per heavy atom. The zero-order chi connectivity index (χ0) is 12.0. The number of nitrogens with one attached hydrogen (secondary N) is 1. The van der Waals surface area contributed by atoms with E-state index in [-0.39, 0.29) is 0 Å². The van der Waals surface area contributed by atoms with Crippen molar-refractivity contribution >= 4 is 0 Å². The molecule has 0 unspecified atom stereocenters. The highest BCUT2D eigenvalue weighted by Gasteiger charge is 2.00. The first-order valence-corrected chi connectivity index (χ1v) is 5.68. The second-order valence-corrected chi connectivity index (χ2v) is 4.22. The van der Waals surface area contributed by atoms with Gasteiger partial charge < -0.3 is 10.1 Å². The SMILES string of the molecule is C=C(NC(C)=C(C)C)OCC1=CCCC=C1. The minimum atomic E-state index is 0.596. The Kier molecular flexibility index (Phi) is 4.90. The molecule has 0 bridgehead atoms. The standard InChI is InChI=1S/C14H21NO/c1-11(2)12(3)15-13(4)16-10-14-8-6-5-7-9-14/h6,8-9,15H,4-5,7,10H2,1-3H3. The molecular formula is C14H21NO. The maximum atomic E-state index is 5.54. The lowest BCUT2D eigenvalue weighted by Gasteiger charge is -2.14. The third-order valence-electron chi connectivity index (χ3n) is 2.56. The van der Waals surface area contributed by atoms with Gasteiger partial charge in [0.25, 0.3) is 0 Å². The van der Waals surface area contributed by atoms with Crippen LogP contribution in [-0.4, -0.2) is 6.61 Å². The molecule has 1 aliphatic carbocycles. The molecule has 0 spiro atoms. The summed E-state index contributed by atoms with van der Waals surface area (Å²) >= 11 is 0. The zero-order valence-electron chi connectivity index (χ0n) is 10.5. The van der Waals surface area contributed by atoms with E-state index < -0.39 is 0 Å². The predicted octanol–water partition coefficient (Wildman–Crippen LogP) is 3.65. The average molecular weight is 219 g/mol. The van der Waals surface area contributed by atoms with E-state index in [2.05, 4.69) is 44.0 Å². The summed E-state index contributed by atoms with van der Waals surface area (Å²) in [6.45, 7) is 10.6. The molecule has 2 nitrogen and oxygen atoms in total. The van der Waals surface area contributed by atoms with Crippen LogP contribution in [0.1, 0.15) is 33.6 Å². The molecule has 88 valence electrons. The van der Waals surface area contributed by atoms with Crippen LogP contribution < -0.4 is 5.32 Å². The lowest BCUT2D eigenvalue weighted by atomic mass is 10.1. The maximum Gasteiger partial charge on any atom is 0.183 e. The van der Waals surface area contributed by atoms with Gasteiger partial charge in [0.15, 0.2) is 5.88 Å². The van der Waals surface area contributed by atoms with Gasteiger partial charge in [-0.3, -0.25) is 0 Å². The van der Waals surface area contributed by atoms with E-state index in [1.54, 1.807) is 0 Å². The van der Waals surface area contributed by atoms with E-state index in [4.69, 9.17) is 4.74 Å². The summed E-state index contributed by atoms with van der Waals surface area (Å²) in [4.78, 5) is 0. The molecule has 0 fully saturated rings. The topological polar surface area (TPSA) is 21.3 Å². The molecule has 0 aromatic rings. The van der Waals surface area contributed by atoms with Crippen LogP contribution in [-0.2, 0) is 4.74 Å². The van der Waals surface area contributed by atoms with Crippen LogP contribution >= 0.6 is 0 Å². The van der Waals surface area contributed by atoms with Gasteiger partial charge >= 0.3 is 0 Å². The Labute approximate surface area is 98.4 Å². The number of ether oxygens (including phenoxy) is 1. The highest BCUT2D eigenvalue weighted by atomic mass is 16.5. The normalized spacial score (nSPS) is 14.1. The number of rotatable bonds is 5. The molecule has 0 amide bonds. The van der Waals surface area contributed by atoms with E-state index in [0.29, 0.717) is 12.5 Å². The first kappa shape index (κ1) is 12.6.